The fourth-order valence-electron chi connectivity index (χ4n) is 0.460. The van der Waals surface area contributed by atoms with Gasteiger partial charge in [0.15, 0.2) is 5.78 Å². The summed E-state index contributed by atoms with van der Waals surface area (Å²) in [6, 6.07) is 0. The molecule has 0 aromatic carbocycles. The van der Waals surface area contributed by atoms with Crippen molar-refractivity contribution in [1.29, 1.82) is 0 Å². The number of carbonyl (C=O) groups is 1. The van der Waals surface area contributed by atoms with Gasteiger partial charge in [-0.05, 0) is 6.42 Å². The van der Waals surface area contributed by atoms with E-state index in [0.717, 1.165) is 0 Å². The van der Waals surface area contributed by atoms with E-state index in [1.54, 1.807) is 5.94 Å². The van der Waals surface area contributed by atoms with Crippen LogP contribution in [0.5, 0.6) is 0 Å². The normalized spacial score (nSPS) is 18.3. The average molecular weight is 96.1 g/mol. The van der Waals surface area contributed by atoms with Crippen molar-refractivity contribution in [2.45, 2.75) is 12.8 Å². The minimum atomic E-state index is -0.0324. The molecule has 0 heterocycles. The lowest BCUT2D eigenvalue weighted by Gasteiger charge is -2.07. The average Bonchev–Trinajstić information content (AvgIpc) is 1.65. The number of rotatable bonds is 0. The van der Waals surface area contributed by atoms with Crippen LogP contribution >= 0.6 is 0 Å². The van der Waals surface area contributed by atoms with Crippen molar-refractivity contribution >= 4 is 11.7 Å². The maximum absolute atomic E-state index is 10.2. The first-order chi connectivity index (χ1) is 3.34. The second-order valence-corrected chi connectivity index (χ2v) is 1.50. The molecule has 0 N–H and O–H groups in total. The first-order valence-electron chi connectivity index (χ1n) is 2.12. The topological polar surface area (TPSA) is 34.1 Å². The quantitative estimate of drug-likeness (QED) is 0.317. The van der Waals surface area contributed by atoms with E-state index in [2.05, 4.69) is 0 Å². The lowest BCUT2D eigenvalue weighted by molar-refractivity contribution is -0.118. The minimum Gasteiger partial charge on any atom is -0.294 e. The van der Waals surface area contributed by atoms with Crippen LogP contribution in [0.4, 0.5) is 0 Å². The molecule has 0 aromatic rings. The predicted molar refractivity (Wildman–Crippen MR) is 23.4 cm³/mol. The third kappa shape index (κ3) is 0.487. The summed E-state index contributed by atoms with van der Waals surface area (Å²) in [5, 5.41) is 0. The molecule has 0 spiro atoms. The zero-order valence-electron chi connectivity index (χ0n) is 3.73. The van der Waals surface area contributed by atoms with E-state index < -0.39 is 0 Å². The summed E-state index contributed by atoms with van der Waals surface area (Å²) in [5.74, 6) is 1.54. The van der Waals surface area contributed by atoms with Crippen LogP contribution in [0.1, 0.15) is 12.8 Å². The molecule has 1 rings (SSSR count). The van der Waals surface area contributed by atoms with Crippen LogP contribution in [0.2, 0.25) is 0 Å². The molecule has 36 valence electrons. The number of hydrogen-bond donors (Lipinski definition) is 0. The Morgan fingerprint density at radius 3 is 2.14 bits per heavy atom. The van der Waals surface area contributed by atoms with Crippen LogP contribution in [0, 0.1) is 0 Å². The molecule has 0 saturated heterocycles. The lowest BCUT2D eigenvalue weighted by Crippen LogP contribution is -2.14. The molecule has 1 aliphatic carbocycles. The highest BCUT2D eigenvalue weighted by Crippen LogP contribution is 2.16. The molecule has 1 aliphatic rings. The lowest BCUT2D eigenvalue weighted by atomic mass is 9.92. The Balaban J connectivity index is 2.79. The van der Waals surface area contributed by atoms with Crippen LogP contribution in [0.25, 0.3) is 0 Å². The van der Waals surface area contributed by atoms with Crippen LogP contribution in [0.3, 0.4) is 0 Å². The van der Waals surface area contributed by atoms with Crippen molar-refractivity contribution in [2.75, 3.05) is 0 Å². The molecule has 1 saturated carbocycles. The van der Waals surface area contributed by atoms with Gasteiger partial charge in [0.1, 0.15) is 5.94 Å². The Bertz CT molecular complexity index is 151. The highest BCUT2D eigenvalue weighted by molar-refractivity contribution is 6.07. The van der Waals surface area contributed by atoms with Crippen LogP contribution in [-0.4, -0.2) is 11.7 Å². The molecule has 7 heavy (non-hydrogen) atoms. The van der Waals surface area contributed by atoms with Gasteiger partial charge in [0, 0.05) is 6.42 Å². The van der Waals surface area contributed by atoms with Crippen molar-refractivity contribution in [2.24, 2.45) is 0 Å². The summed E-state index contributed by atoms with van der Waals surface area (Å²) in [6.07, 6.45) is 1.19. The number of carbonyl (C=O) groups excluding carboxylic acids is 2. The van der Waals surface area contributed by atoms with Crippen molar-refractivity contribution in [3.63, 3.8) is 0 Å². The van der Waals surface area contributed by atoms with Crippen molar-refractivity contribution in [3.05, 3.63) is 5.57 Å². The van der Waals surface area contributed by atoms with E-state index in [0.29, 0.717) is 18.4 Å². The maximum atomic E-state index is 10.2. The highest BCUT2D eigenvalue weighted by atomic mass is 16.1. The van der Waals surface area contributed by atoms with Crippen LogP contribution in [0.15, 0.2) is 5.57 Å². The van der Waals surface area contributed by atoms with E-state index in [9.17, 15) is 9.59 Å². The van der Waals surface area contributed by atoms with Crippen LogP contribution < -0.4 is 0 Å². The number of Topliss-reactive ketones (excluding diaryl/α,β-unsaturated/α-hetero) is 1. The Labute approximate surface area is 40.8 Å². The molecular formula is C5H4O2. The van der Waals surface area contributed by atoms with Gasteiger partial charge in [-0.3, -0.25) is 4.79 Å². The van der Waals surface area contributed by atoms with Gasteiger partial charge in [-0.1, -0.05) is 0 Å². The van der Waals surface area contributed by atoms with Gasteiger partial charge in [0.25, 0.3) is 0 Å². The summed E-state index contributed by atoms with van der Waals surface area (Å²) in [6.45, 7) is 0. The molecule has 0 aromatic heterocycles. The molecule has 2 nitrogen and oxygen atoms in total. The second kappa shape index (κ2) is 1.32. The van der Waals surface area contributed by atoms with E-state index >= 15 is 0 Å². The zero-order chi connectivity index (χ0) is 5.28. The Morgan fingerprint density at radius 1 is 1.43 bits per heavy atom. The maximum Gasteiger partial charge on any atom is 0.170 e. The van der Waals surface area contributed by atoms with Crippen molar-refractivity contribution in [3.8, 4) is 0 Å². The molecule has 0 atom stereocenters. The molecular weight excluding hydrogens is 92.1 g/mol. The summed E-state index contributed by atoms with van der Waals surface area (Å²) >= 11 is 0. The standard InChI is InChI=1S/C5H4O2/c6-3-4-1-2-5(4)7/h1-2H2. The third-order valence-electron chi connectivity index (χ3n) is 1.06. The van der Waals surface area contributed by atoms with Gasteiger partial charge < -0.3 is 0 Å². The van der Waals surface area contributed by atoms with Gasteiger partial charge in [-0.15, -0.1) is 0 Å². The predicted octanol–water partition coefficient (Wildman–Crippen LogP) is 0.107. The number of allylic oxidation sites excluding steroid dienone is 1. The first-order valence-corrected chi connectivity index (χ1v) is 2.12. The molecule has 0 radical (unpaired) electrons. The van der Waals surface area contributed by atoms with Crippen LogP contribution in [-0.2, 0) is 9.59 Å². The Morgan fingerprint density at radius 2 is 2.14 bits per heavy atom. The summed E-state index contributed by atoms with van der Waals surface area (Å²) in [7, 11) is 0. The molecule has 0 amide bonds. The summed E-state index contributed by atoms with van der Waals surface area (Å²) in [4.78, 5) is 19.8. The van der Waals surface area contributed by atoms with E-state index in [1.807, 2.05) is 0 Å². The highest BCUT2D eigenvalue weighted by Gasteiger charge is 2.20. The largest absolute Gasteiger partial charge is 0.294 e. The number of ketones is 1. The van der Waals surface area contributed by atoms with Crippen molar-refractivity contribution < 1.29 is 9.59 Å². The fraction of sp³-hybridized carbons (Fsp3) is 0.400. The summed E-state index contributed by atoms with van der Waals surface area (Å²) < 4.78 is 0. The zero-order valence-corrected chi connectivity index (χ0v) is 3.73. The third-order valence-corrected chi connectivity index (χ3v) is 1.06. The van der Waals surface area contributed by atoms with Gasteiger partial charge in [0.05, 0.1) is 5.57 Å². The van der Waals surface area contributed by atoms with E-state index in [-0.39, 0.29) is 5.78 Å². The molecule has 2 heteroatoms. The van der Waals surface area contributed by atoms with Gasteiger partial charge in [-0.25, -0.2) is 4.79 Å². The number of hydrogen-bond acceptors (Lipinski definition) is 2. The van der Waals surface area contributed by atoms with Gasteiger partial charge >= 0.3 is 0 Å². The summed E-state index contributed by atoms with van der Waals surface area (Å²) in [5.41, 5.74) is 0.333. The van der Waals surface area contributed by atoms with Gasteiger partial charge in [-0.2, -0.15) is 0 Å². The second-order valence-electron chi connectivity index (χ2n) is 1.50. The first kappa shape index (κ1) is 4.28. The van der Waals surface area contributed by atoms with Gasteiger partial charge in [0.2, 0.25) is 0 Å². The Hall–Kier alpha value is -0.880. The molecule has 1 fully saturated rings. The smallest absolute Gasteiger partial charge is 0.170 e. The SMILES string of the molecule is O=C=C1CCC1=O. The van der Waals surface area contributed by atoms with E-state index in [1.165, 1.54) is 0 Å². The Kier molecular flexibility index (Phi) is 0.807. The molecule has 0 aliphatic heterocycles. The van der Waals surface area contributed by atoms with Crippen molar-refractivity contribution in [1.82, 2.24) is 0 Å². The van der Waals surface area contributed by atoms with E-state index in [4.69, 9.17) is 0 Å². The minimum absolute atomic E-state index is 0.0324. The molecule has 0 bridgehead atoms. The monoisotopic (exact) mass is 96.0 g/mol. The molecule has 0 unspecified atom stereocenters. The fourth-order valence-corrected chi connectivity index (χ4v) is 0.460.